The van der Waals surface area contributed by atoms with Crippen LogP contribution in [0.1, 0.15) is 0 Å². The molecule has 3 aromatic heterocycles. The van der Waals surface area contributed by atoms with Crippen LogP contribution < -0.4 is 24.8 Å². The van der Waals surface area contributed by atoms with Crippen molar-refractivity contribution in [2.45, 2.75) is 13.3 Å². The number of fused-ring (bicyclic) bond motifs is 2. The second-order valence-corrected chi connectivity index (χ2v) is 9.86. The number of pyridine rings is 1. The van der Waals surface area contributed by atoms with E-state index in [1.165, 1.54) is 0 Å². The number of ether oxygens (including phenoxy) is 2. The minimum absolute atomic E-state index is 0. The number of imidazole rings is 2. The van der Waals surface area contributed by atoms with Crippen LogP contribution in [-0.2, 0) is 41.4 Å². The van der Waals surface area contributed by atoms with Crippen LogP contribution in [0.25, 0.3) is 45.1 Å². The molecule has 12 heteroatoms. The predicted octanol–water partition coefficient (Wildman–Crippen LogP) is -2.30. The molecule has 9 nitrogen and oxygen atoms in total. The SMILES string of the molecule is [Cl-].[Cl-].[V+2].c1cc(-c2nc3ccccc3n2CN2CCOCC2)nc(-c2nc3ccccc3n2CN2CCOCC2)c1. The van der Waals surface area contributed by atoms with Gasteiger partial charge in [-0.1, -0.05) is 30.3 Å². The van der Waals surface area contributed by atoms with Gasteiger partial charge in [-0.2, -0.15) is 0 Å². The predicted molar refractivity (Wildman–Crippen MR) is 146 cm³/mol. The molecule has 2 aliphatic heterocycles. The molecule has 7 rings (SSSR count). The third-order valence-electron chi connectivity index (χ3n) is 7.41. The molecule has 0 amide bonds. The molecule has 2 fully saturated rings. The molecular weight excluding hydrogens is 600 g/mol. The van der Waals surface area contributed by atoms with Gasteiger partial charge < -0.3 is 43.4 Å². The van der Waals surface area contributed by atoms with Crippen LogP contribution in [0.15, 0.2) is 66.7 Å². The van der Waals surface area contributed by atoms with Crippen molar-refractivity contribution in [2.75, 3.05) is 52.6 Å². The van der Waals surface area contributed by atoms with E-state index in [-0.39, 0.29) is 43.4 Å². The van der Waals surface area contributed by atoms with Crippen LogP contribution in [0, 0.1) is 0 Å². The standard InChI is InChI=1S/C29H31N7O2.2ClH.V/c1-3-10-26-22(6-1)31-28(35(26)20-33-12-16-37-17-13-33)24-8-5-9-25(30-24)29-32-23-7-2-4-11-27(23)36(29)21-34-14-18-38-19-15-34;;;/h1-11H,12-21H2;2*1H;/q;;;+2/p-2. The monoisotopic (exact) mass is 630 g/mol. The molecule has 0 saturated carbocycles. The Bertz CT molecular complexity index is 1470. The molecule has 213 valence electrons. The summed E-state index contributed by atoms with van der Waals surface area (Å²) in [5.74, 6) is 1.74. The van der Waals surface area contributed by atoms with Crippen LogP contribution >= 0.6 is 0 Å². The number of benzene rings is 2. The second-order valence-electron chi connectivity index (χ2n) is 9.86. The average molecular weight is 631 g/mol. The van der Waals surface area contributed by atoms with Crippen molar-refractivity contribution in [3.8, 4) is 23.0 Å². The summed E-state index contributed by atoms with van der Waals surface area (Å²) in [6.07, 6.45) is 0. The first-order valence-corrected chi connectivity index (χ1v) is 13.3. The van der Waals surface area contributed by atoms with Gasteiger partial charge in [-0.25, -0.2) is 15.0 Å². The van der Waals surface area contributed by atoms with Gasteiger partial charge in [-0.15, -0.1) is 0 Å². The first-order valence-electron chi connectivity index (χ1n) is 13.3. The van der Waals surface area contributed by atoms with Crippen LogP contribution in [0.5, 0.6) is 0 Å². The molecule has 5 heterocycles. The molecule has 2 aliphatic rings. The Hall–Kier alpha value is -2.47. The summed E-state index contributed by atoms with van der Waals surface area (Å²) in [6, 6.07) is 22.8. The zero-order chi connectivity index (χ0) is 25.3. The van der Waals surface area contributed by atoms with Gasteiger partial charge in [0.1, 0.15) is 11.4 Å². The Morgan fingerprint density at radius 2 is 0.951 bits per heavy atom. The molecule has 0 atom stereocenters. The molecule has 1 radical (unpaired) electrons. The van der Waals surface area contributed by atoms with E-state index in [9.17, 15) is 0 Å². The van der Waals surface area contributed by atoms with Crippen molar-refractivity contribution in [3.63, 3.8) is 0 Å². The largest absolute Gasteiger partial charge is 2.00 e. The summed E-state index contributed by atoms with van der Waals surface area (Å²) >= 11 is 0. The maximum absolute atomic E-state index is 5.58. The summed E-state index contributed by atoms with van der Waals surface area (Å²) in [5.41, 5.74) is 5.86. The number of para-hydroxylation sites is 4. The fourth-order valence-electron chi connectivity index (χ4n) is 5.40. The number of aromatic nitrogens is 5. The van der Waals surface area contributed by atoms with Crippen LogP contribution in [0.3, 0.4) is 0 Å². The number of halogens is 2. The van der Waals surface area contributed by atoms with Crippen molar-refractivity contribution >= 4 is 22.1 Å². The minimum atomic E-state index is 0. The normalized spacial score (nSPS) is 16.2. The van der Waals surface area contributed by atoms with Gasteiger partial charge in [0.2, 0.25) is 0 Å². The second kappa shape index (κ2) is 14.1. The van der Waals surface area contributed by atoms with Crippen LogP contribution in [0.4, 0.5) is 0 Å². The Kier molecular flexibility index (Phi) is 10.8. The zero-order valence-corrected chi connectivity index (χ0v) is 25.5. The molecule has 0 bridgehead atoms. The average Bonchev–Trinajstić information content (AvgIpc) is 3.53. The fourth-order valence-corrected chi connectivity index (χ4v) is 5.40. The number of hydrogen-bond donors (Lipinski definition) is 0. The Balaban J connectivity index is 0.00000129. The summed E-state index contributed by atoms with van der Waals surface area (Å²) in [5, 5.41) is 0. The third-order valence-corrected chi connectivity index (χ3v) is 7.41. The van der Waals surface area contributed by atoms with Crippen LogP contribution in [-0.4, -0.2) is 86.5 Å². The first-order chi connectivity index (χ1) is 18.8. The van der Waals surface area contributed by atoms with Crippen molar-refractivity contribution in [2.24, 2.45) is 0 Å². The molecule has 2 saturated heterocycles. The summed E-state index contributed by atoms with van der Waals surface area (Å²) in [6.45, 7) is 8.17. The van der Waals surface area contributed by atoms with E-state index in [4.69, 9.17) is 24.4 Å². The van der Waals surface area contributed by atoms with E-state index in [0.717, 1.165) is 111 Å². The maximum Gasteiger partial charge on any atom is 2.00 e. The van der Waals surface area contributed by atoms with Crippen LogP contribution in [0.2, 0.25) is 0 Å². The summed E-state index contributed by atoms with van der Waals surface area (Å²) in [4.78, 5) is 20.0. The van der Waals surface area contributed by atoms with Crippen molar-refractivity contribution in [3.05, 3.63) is 66.7 Å². The van der Waals surface area contributed by atoms with Gasteiger partial charge in [-0.3, -0.25) is 9.80 Å². The maximum atomic E-state index is 5.58. The molecule has 0 aliphatic carbocycles. The van der Waals surface area contributed by atoms with E-state index in [0.29, 0.717) is 0 Å². The third kappa shape index (κ3) is 6.48. The first kappa shape index (κ1) is 31.5. The molecule has 41 heavy (non-hydrogen) atoms. The Labute approximate surface area is 263 Å². The van der Waals surface area contributed by atoms with E-state index in [2.05, 4.69) is 73.5 Å². The molecule has 0 spiro atoms. The summed E-state index contributed by atoms with van der Waals surface area (Å²) in [7, 11) is 0. The Morgan fingerprint density at radius 3 is 1.39 bits per heavy atom. The van der Waals surface area contributed by atoms with E-state index >= 15 is 0 Å². The van der Waals surface area contributed by atoms with Gasteiger partial charge in [-0.05, 0) is 36.4 Å². The fraction of sp³-hybridized carbons (Fsp3) is 0.345. The summed E-state index contributed by atoms with van der Waals surface area (Å²) < 4.78 is 15.7. The zero-order valence-electron chi connectivity index (χ0n) is 22.6. The number of hydrogen-bond acceptors (Lipinski definition) is 7. The van der Waals surface area contributed by atoms with Gasteiger partial charge >= 0.3 is 18.6 Å². The molecule has 0 unspecified atom stereocenters. The number of rotatable bonds is 6. The van der Waals surface area contributed by atoms with Crippen molar-refractivity contribution in [1.29, 1.82) is 0 Å². The van der Waals surface area contributed by atoms with Gasteiger partial charge in [0.05, 0.1) is 61.8 Å². The number of morpholine rings is 2. The van der Waals surface area contributed by atoms with E-state index in [1.54, 1.807) is 0 Å². The smallest absolute Gasteiger partial charge is 1.00 e. The van der Waals surface area contributed by atoms with E-state index in [1.807, 2.05) is 12.1 Å². The topological polar surface area (TPSA) is 73.5 Å². The molecule has 5 aromatic rings. The van der Waals surface area contributed by atoms with Gasteiger partial charge in [0.25, 0.3) is 0 Å². The van der Waals surface area contributed by atoms with Crippen molar-refractivity contribution < 1.29 is 52.8 Å². The molecular formula is C29H31Cl2N7O2V. The quantitative estimate of drug-likeness (QED) is 0.209. The molecule has 0 N–H and O–H groups in total. The van der Waals surface area contributed by atoms with Crippen molar-refractivity contribution in [1.82, 2.24) is 33.9 Å². The number of nitrogens with zero attached hydrogens (tertiary/aromatic N) is 7. The van der Waals surface area contributed by atoms with Gasteiger partial charge in [0.15, 0.2) is 11.6 Å². The van der Waals surface area contributed by atoms with Gasteiger partial charge in [0, 0.05) is 26.2 Å². The van der Waals surface area contributed by atoms with E-state index < -0.39 is 0 Å². The molecule has 2 aromatic carbocycles. The minimum Gasteiger partial charge on any atom is -1.00 e. The Morgan fingerprint density at radius 1 is 0.537 bits per heavy atom.